The van der Waals surface area contributed by atoms with Crippen molar-refractivity contribution in [3.63, 3.8) is 0 Å². The second kappa shape index (κ2) is 16.1. The molecule has 3 aliphatic carbocycles. The number of carbonyl (C=O) groups is 3. The molecule has 0 radical (unpaired) electrons. The summed E-state index contributed by atoms with van der Waals surface area (Å²) < 4.78 is 38.2. The monoisotopic (exact) mass is 719 g/mol. The number of nitrogens with two attached hydrogens (primary N) is 2. The van der Waals surface area contributed by atoms with Crippen molar-refractivity contribution in [2.24, 2.45) is 23.0 Å². The van der Waals surface area contributed by atoms with Crippen molar-refractivity contribution in [2.45, 2.75) is 63.9 Å². The SMILES string of the molecule is CC12CCC3c4ccc(OP(=O)(O)O)cc4CCC3C1CCC2OCCC(=O)NCCOCCOCC(=O)Oc1ccc(N)c(O)c1C(N)=O. The number of phosphoric acid groups is 1. The van der Waals surface area contributed by atoms with E-state index >= 15 is 0 Å². The number of esters is 1. The number of hydrogen-bond donors (Lipinski definition) is 6. The number of phosphoric ester groups is 1. The van der Waals surface area contributed by atoms with E-state index in [1.54, 1.807) is 12.1 Å². The largest absolute Gasteiger partial charge is 0.524 e. The van der Waals surface area contributed by atoms with E-state index in [0.29, 0.717) is 30.9 Å². The number of benzene rings is 2. The molecule has 0 spiro atoms. The fourth-order valence-electron chi connectivity index (χ4n) is 8.06. The third kappa shape index (κ3) is 8.95. The quantitative estimate of drug-likeness (QED) is 0.0366. The molecule has 0 heterocycles. The zero-order valence-corrected chi connectivity index (χ0v) is 28.9. The average Bonchev–Trinajstić information content (AvgIpc) is 3.39. The zero-order chi connectivity index (χ0) is 36.1. The van der Waals surface area contributed by atoms with Gasteiger partial charge in [0.1, 0.15) is 23.7 Å². The molecule has 5 rings (SSSR count). The molecular weight excluding hydrogens is 673 g/mol. The van der Waals surface area contributed by atoms with E-state index in [4.69, 9.17) is 34.9 Å². The molecule has 50 heavy (non-hydrogen) atoms. The summed E-state index contributed by atoms with van der Waals surface area (Å²) in [5.41, 5.74) is 12.7. The standard InChI is InChI=1S/C34H46N3O12P/c1-34-12-10-23-22-5-3-21(49-50(42,43)44)18-20(22)2-4-24(23)25(34)6-9-28(34)47-14-11-29(38)37-13-15-45-16-17-46-19-30(39)48-27-8-7-26(35)32(40)31(27)33(36)41/h3,5,7-8,18,23-25,28,40H,2,4,6,9-17,19,35H2,1H3,(H2,36,41)(H,37,38)(H2,42,43,44). The van der Waals surface area contributed by atoms with Gasteiger partial charge in [-0.25, -0.2) is 9.36 Å². The van der Waals surface area contributed by atoms with Crippen LogP contribution in [-0.4, -0.2) is 78.4 Å². The van der Waals surface area contributed by atoms with Gasteiger partial charge in [-0.2, -0.15) is 0 Å². The van der Waals surface area contributed by atoms with Gasteiger partial charge in [-0.3, -0.25) is 19.4 Å². The van der Waals surface area contributed by atoms with Crippen molar-refractivity contribution in [3.8, 4) is 17.2 Å². The van der Waals surface area contributed by atoms with Gasteiger partial charge in [0.05, 0.1) is 38.2 Å². The Morgan fingerprint density at radius 1 is 1.02 bits per heavy atom. The minimum atomic E-state index is -4.60. The number of phenols is 1. The Balaban J connectivity index is 0.949. The number of ether oxygens (including phenoxy) is 4. The summed E-state index contributed by atoms with van der Waals surface area (Å²) in [7, 11) is -4.60. The van der Waals surface area contributed by atoms with Crippen LogP contribution in [0.15, 0.2) is 30.3 Å². The lowest BCUT2D eigenvalue weighted by molar-refractivity contribution is -0.140. The van der Waals surface area contributed by atoms with Crippen LogP contribution in [0.1, 0.15) is 72.9 Å². The number of carbonyl (C=O) groups excluding carboxylic acids is 3. The highest BCUT2D eigenvalue weighted by Gasteiger charge is 2.55. The van der Waals surface area contributed by atoms with E-state index < -0.39 is 37.6 Å². The van der Waals surface area contributed by atoms with E-state index in [0.717, 1.165) is 44.1 Å². The number of nitrogen functional groups attached to an aromatic ring is 1. The molecule has 2 aromatic carbocycles. The Hall–Kier alpha value is -3.72. The smallest absolute Gasteiger partial charge is 0.505 e. The van der Waals surface area contributed by atoms with Crippen LogP contribution < -0.4 is 26.0 Å². The van der Waals surface area contributed by atoms with Crippen molar-refractivity contribution >= 4 is 31.3 Å². The summed E-state index contributed by atoms with van der Waals surface area (Å²) in [5, 5.41) is 12.7. The molecule has 274 valence electrons. The van der Waals surface area contributed by atoms with E-state index in [1.165, 1.54) is 17.7 Å². The highest BCUT2D eigenvalue weighted by atomic mass is 31.2. The van der Waals surface area contributed by atoms with E-state index in [9.17, 15) is 33.8 Å². The third-order valence-electron chi connectivity index (χ3n) is 10.3. The Morgan fingerprint density at radius 3 is 2.56 bits per heavy atom. The van der Waals surface area contributed by atoms with Gasteiger partial charge in [-0.15, -0.1) is 0 Å². The molecule has 15 nitrogen and oxygen atoms in total. The lowest BCUT2D eigenvalue weighted by Gasteiger charge is -2.50. The Kier molecular flexibility index (Phi) is 12.1. The Morgan fingerprint density at radius 2 is 1.80 bits per heavy atom. The van der Waals surface area contributed by atoms with Crippen LogP contribution in [0, 0.1) is 17.3 Å². The van der Waals surface area contributed by atoms with Crippen LogP contribution in [0.4, 0.5) is 5.69 Å². The van der Waals surface area contributed by atoms with Crippen LogP contribution in [0.3, 0.4) is 0 Å². The molecule has 5 unspecified atom stereocenters. The number of amides is 2. The zero-order valence-electron chi connectivity index (χ0n) is 28.0. The highest BCUT2D eigenvalue weighted by molar-refractivity contribution is 7.46. The number of nitrogens with one attached hydrogen (secondary N) is 1. The molecule has 2 fully saturated rings. The fourth-order valence-corrected chi connectivity index (χ4v) is 8.45. The van der Waals surface area contributed by atoms with Crippen LogP contribution in [0.2, 0.25) is 0 Å². The summed E-state index contributed by atoms with van der Waals surface area (Å²) in [6.45, 7) is 3.03. The van der Waals surface area contributed by atoms with Crippen molar-refractivity contribution in [1.29, 1.82) is 0 Å². The minimum Gasteiger partial charge on any atom is -0.505 e. The first kappa shape index (κ1) is 37.5. The number of rotatable bonds is 16. The van der Waals surface area contributed by atoms with Gasteiger partial charge in [-0.1, -0.05) is 13.0 Å². The maximum Gasteiger partial charge on any atom is 0.524 e. The second-order valence-electron chi connectivity index (χ2n) is 13.3. The number of fused-ring (bicyclic) bond motifs is 5. The predicted molar refractivity (Wildman–Crippen MR) is 179 cm³/mol. The highest BCUT2D eigenvalue weighted by Crippen LogP contribution is 2.61. The van der Waals surface area contributed by atoms with Crippen LogP contribution in [-0.2, 0) is 34.8 Å². The van der Waals surface area contributed by atoms with Gasteiger partial charge < -0.3 is 45.4 Å². The van der Waals surface area contributed by atoms with Gasteiger partial charge in [0.15, 0.2) is 5.75 Å². The molecule has 0 aliphatic heterocycles. The predicted octanol–water partition coefficient (Wildman–Crippen LogP) is 2.93. The molecule has 3 aliphatic rings. The van der Waals surface area contributed by atoms with Gasteiger partial charge in [0.25, 0.3) is 5.91 Å². The molecular formula is C34H46N3O12P. The first-order valence-corrected chi connectivity index (χ1v) is 18.3. The average molecular weight is 720 g/mol. The topological polar surface area (TPSA) is 239 Å². The molecule has 0 saturated heterocycles. The summed E-state index contributed by atoms with van der Waals surface area (Å²) in [4.78, 5) is 54.4. The van der Waals surface area contributed by atoms with Gasteiger partial charge >= 0.3 is 13.8 Å². The number of hydrogen-bond acceptors (Lipinski definition) is 11. The Bertz CT molecular complexity index is 1620. The van der Waals surface area contributed by atoms with Gasteiger partial charge in [0, 0.05) is 13.0 Å². The number of primary amides is 1. The molecule has 0 bridgehead atoms. The maximum atomic E-state index is 12.4. The lowest BCUT2D eigenvalue weighted by atomic mass is 9.55. The molecule has 0 aromatic heterocycles. The second-order valence-corrected chi connectivity index (χ2v) is 14.5. The first-order valence-electron chi connectivity index (χ1n) is 16.8. The number of aromatic hydroxyl groups is 1. The molecule has 2 saturated carbocycles. The lowest BCUT2D eigenvalue weighted by Crippen LogP contribution is -2.45. The van der Waals surface area contributed by atoms with E-state index in [-0.39, 0.29) is 60.9 Å². The maximum absolute atomic E-state index is 12.4. The van der Waals surface area contributed by atoms with Gasteiger partial charge in [0.2, 0.25) is 5.91 Å². The van der Waals surface area contributed by atoms with Crippen LogP contribution in [0.25, 0.3) is 0 Å². The number of aryl methyl sites for hydroxylation is 1. The first-order chi connectivity index (χ1) is 23.8. The van der Waals surface area contributed by atoms with E-state index in [2.05, 4.69) is 12.2 Å². The molecule has 5 atom stereocenters. The summed E-state index contributed by atoms with van der Waals surface area (Å²) in [6.07, 6.45) is 6.26. The van der Waals surface area contributed by atoms with Crippen molar-refractivity contribution < 1.29 is 57.3 Å². The summed E-state index contributed by atoms with van der Waals surface area (Å²) in [6, 6.07) is 7.93. The van der Waals surface area contributed by atoms with Crippen molar-refractivity contribution in [1.82, 2.24) is 5.32 Å². The van der Waals surface area contributed by atoms with E-state index in [1.807, 2.05) is 6.07 Å². The fraction of sp³-hybridized carbons (Fsp3) is 0.559. The Labute approximate surface area is 290 Å². The van der Waals surface area contributed by atoms with Crippen LogP contribution in [0.5, 0.6) is 17.2 Å². The molecule has 8 N–H and O–H groups in total. The van der Waals surface area contributed by atoms with Gasteiger partial charge in [-0.05, 0) is 97.1 Å². The molecule has 2 amide bonds. The van der Waals surface area contributed by atoms with Crippen LogP contribution >= 0.6 is 7.82 Å². The normalized spacial score (nSPS) is 24.1. The van der Waals surface area contributed by atoms with Crippen molar-refractivity contribution in [3.05, 3.63) is 47.0 Å². The van der Waals surface area contributed by atoms with Crippen molar-refractivity contribution in [2.75, 3.05) is 45.3 Å². The minimum absolute atomic E-state index is 0.0385. The number of anilines is 1. The summed E-state index contributed by atoms with van der Waals surface area (Å²) in [5.74, 6) is -1.10. The summed E-state index contributed by atoms with van der Waals surface area (Å²) >= 11 is 0. The molecule has 2 aromatic rings. The molecule has 16 heteroatoms. The third-order valence-corrected chi connectivity index (χ3v) is 10.7.